The molecule has 2 aromatic rings. The van der Waals surface area contributed by atoms with Crippen molar-refractivity contribution in [2.75, 3.05) is 17.8 Å². The number of anilines is 1. The Morgan fingerprint density at radius 2 is 2.24 bits per heavy atom. The van der Waals surface area contributed by atoms with E-state index in [2.05, 4.69) is 32.3 Å². The number of rotatable bonds is 6. The van der Waals surface area contributed by atoms with Gasteiger partial charge in [-0.1, -0.05) is 28.1 Å². The van der Waals surface area contributed by atoms with E-state index in [1.165, 1.54) is 18.9 Å². The number of pyridine rings is 1. The zero-order valence-electron chi connectivity index (χ0n) is 11.8. The first-order valence-corrected chi connectivity index (χ1v) is 7.81. The van der Waals surface area contributed by atoms with Gasteiger partial charge in [-0.25, -0.2) is 0 Å². The maximum Gasteiger partial charge on any atom is 0.259 e. The number of hydrogen-bond acceptors (Lipinski definition) is 3. The molecule has 0 saturated heterocycles. The van der Waals surface area contributed by atoms with Gasteiger partial charge in [0.15, 0.2) is 0 Å². The third-order valence-electron chi connectivity index (χ3n) is 3.03. The lowest BCUT2D eigenvalue weighted by molar-refractivity contribution is 0.102. The number of nitrogens with one attached hydrogen (secondary N) is 1. The summed E-state index contributed by atoms with van der Waals surface area (Å²) in [5.74, 6) is 0.261. The summed E-state index contributed by atoms with van der Waals surface area (Å²) in [5, 5.41) is 3.86. The van der Waals surface area contributed by atoms with Gasteiger partial charge in [0.05, 0.1) is 18.9 Å². The van der Waals surface area contributed by atoms with E-state index >= 15 is 0 Å². The lowest BCUT2D eigenvalue weighted by atomic mass is 10.1. The van der Waals surface area contributed by atoms with Crippen LogP contribution in [0, 0.1) is 0 Å². The smallest absolute Gasteiger partial charge is 0.259 e. The second kappa shape index (κ2) is 7.78. The Labute approximate surface area is 132 Å². The second-order valence-electron chi connectivity index (χ2n) is 4.52. The van der Waals surface area contributed by atoms with Crippen molar-refractivity contribution in [3.63, 3.8) is 0 Å². The highest BCUT2D eigenvalue weighted by Gasteiger charge is 2.12. The largest absolute Gasteiger partial charge is 0.494 e. The number of carbonyl (C=O) groups is 1. The summed E-state index contributed by atoms with van der Waals surface area (Å²) >= 11 is 3.42. The van der Waals surface area contributed by atoms with Gasteiger partial charge in [-0.05, 0) is 36.6 Å². The minimum atomic E-state index is -0.202. The minimum absolute atomic E-state index is 0.202. The molecule has 0 aliphatic heterocycles. The number of carbonyl (C=O) groups excluding carboxylic acids is 1. The van der Waals surface area contributed by atoms with Crippen molar-refractivity contribution in [3.8, 4) is 5.75 Å². The Morgan fingerprint density at radius 1 is 1.38 bits per heavy atom. The van der Waals surface area contributed by atoms with E-state index in [-0.39, 0.29) is 5.91 Å². The van der Waals surface area contributed by atoms with E-state index in [0.29, 0.717) is 11.3 Å². The van der Waals surface area contributed by atoms with Crippen LogP contribution >= 0.6 is 15.9 Å². The highest BCUT2D eigenvalue weighted by Crippen LogP contribution is 2.19. The van der Waals surface area contributed by atoms with Crippen LogP contribution in [0.15, 0.2) is 42.7 Å². The first-order valence-electron chi connectivity index (χ1n) is 6.69. The molecule has 1 amide bonds. The van der Waals surface area contributed by atoms with Crippen LogP contribution in [-0.2, 0) is 6.42 Å². The van der Waals surface area contributed by atoms with Gasteiger partial charge in [0, 0.05) is 17.2 Å². The van der Waals surface area contributed by atoms with Crippen molar-refractivity contribution in [3.05, 3.63) is 53.9 Å². The summed E-state index contributed by atoms with van der Waals surface area (Å²) in [6, 6.07) is 9.52. The predicted octanol–water partition coefficient (Wildman–Crippen LogP) is 3.67. The van der Waals surface area contributed by atoms with Gasteiger partial charge in [-0.3, -0.25) is 9.78 Å². The number of halogens is 1. The van der Waals surface area contributed by atoms with E-state index in [1.807, 2.05) is 18.2 Å². The summed E-state index contributed by atoms with van der Waals surface area (Å²) in [7, 11) is 1.52. The van der Waals surface area contributed by atoms with Crippen molar-refractivity contribution in [2.24, 2.45) is 0 Å². The van der Waals surface area contributed by atoms with Crippen molar-refractivity contribution < 1.29 is 9.53 Å². The minimum Gasteiger partial charge on any atom is -0.494 e. The van der Waals surface area contributed by atoms with Crippen LogP contribution in [0.5, 0.6) is 5.75 Å². The zero-order valence-corrected chi connectivity index (χ0v) is 13.4. The first kappa shape index (κ1) is 15.5. The second-order valence-corrected chi connectivity index (χ2v) is 5.32. The molecular weight excluding hydrogens is 332 g/mol. The average molecular weight is 349 g/mol. The normalized spacial score (nSPS) is 10.2. The lowest BCUT2D eigenvalue weighted by Gasteiger charge is -2.09. The van der Waals surface area contributed by atoms with Gasteiger partial charge in [0.25, 0.3) is 5.91 Å². The molecule has 2 rings (SSSR count). The SMILES string of the molecule is COc1cnccc1C(=O)Nc1cccc(CCCBr)c1. The highest BCUT2D eigenvalue weighted by atomic mass is 79.9. The molecule has 0 aliphatic rings. The molecular formula is C16H17BrN2O2. The highest BCUT2D eigenvalue weighted by molar-refractivity contribution is 9.09. The van der Waals surface area contributed by atoms with Crippen molar-refractivity contribution in [2.45, 2.75) is 12.8 Å². The number of alkyl halides is 1. The number of benzene rings is 1. The van der Waals surface area contributed by atoms with Crippen LogP contribution in [0.25, 0.3) is 0 Å². The molecule has 110 valence electrons. The fraction of sp³-hybridized carbons (Fsp3) is 0.250. The van der Waals surface area contributed by atoms with E-state index in [1.54, 1.807) is 12.3 Å². The van der Waals surface area contributed by atoms with Crippen molar-refractivity contribution >= 4 is 27.5 Å². The summed E-state index contributed by atoms with van der Waals surface area (Å²) in [6.07, 6.45) is 5.15. The van der Waals surface area contributed by atoms with Crippen molar-refractivity contribution in [1.29, 1.82) is 0 Å². The summed E-state index contributed by atoms with van der Waals surface area (Å²) in [5.41, 5.74) is 2.46. The molecule has 1 N–H and O–H groups in total. The Hall–Kier alpha value is -1.88. The van der Waals surface area contributed by atoms with E-state index in [9.17, 15) is 4.79 Å². The van der Waals surface area contributed by atoms with Gasteiger partial charge in [0.1, 0.15) is 5.75 Å². The lowest BCUT2D eigenvalue weighted by Crippen LogP contribution is -2.13. The molecule has 0 fully saturated rings. The van der Waals surface area contributed by atoms with Gasteiger partial charge < -0.3 is 10.1 Å². The van der Waals surface area contributed by atoms with E-state index in [0.717, 1.165) is 23.9 Å². The fourth-order valence-electron chi connectivity index (χ4n) is 2.00. The Morgan fingerprint density at radius 3 is 3.00 bits per heavy atom. The molecule has 1 aromatic heterocycles. The molecule has 0 saturated carbocycles. The average Bonchev–Trinajstić information content (AvgIpc) is 2.53. The van der Waals surface area contributed by atoms with Gasteiger partial charge >= 0.3 is 0 Å². The molecule has 1 heterocycles. The summed E-state index contributed by atoms with van der Waals surface area (Å²) in [6.45, 7) is 0. The van der Waals surface area contributed by atoms with Crippen LogP contribution in [0.3, 0.4) is 0 Å². The van der Waals surface area contributed by atoms with Crippen LogP contribution in [0.1, 0.15) is 22.3 Å². The Balaban J connectivity index is 2.12. The van der Waals surface area contributed by atoms with Gasteiger partial charge in [-0.2, -0.15) is 0 Å². The number of amides is 1. The monoisotopic (exact) mass is 348 g/mol. The standard InChI is InChI=1S/C16H17BrN2O2/c1-21-15-11-18-9-7-14(15)16(20)19-13-6-2-4-12(10-13)5-3-8-17/h2,4,6-7,9-11H,3,5,8H2,1H3,(H,19,20). The Kier molecular flexibility index (Phi) is 5.75. The maximum atomic E-state index is 12.3. The number of aromatic nitrogens is 1. The first-order chi connectivity index (χ1) is 10.2. The molecule has 0 aliphatic carbocycles. The molecule has 0 radical (unpaired) electrons. The van der Waals surface area contributed by atoms with Crippen LogP contribution in [0.4, 0.5) is 5.69 Å². The van der Waals surface area contributed by atoms with Gasteiger partial charge in [-0.15, -0.1) is 0 Å². The maximum absolute atomic E-state index is 12.3. The van der Waals surface area contributed by atoms with Crippen LogP contribution in [0.2, 0.25) is 0 Å². The molecule has 0 atom stereocenters. The van der Waals surface area contributed by atoms with Crippen LogP contribution < -0.4 is 10.1 Å². The molecule has 0 spiro atoms. The fourth-order valence-corrected chi connectivity index (χ4v) is 2.28. The summed E-state index contributed by atoms with van der Waals surface area (Å²) in [4.78, 5) is 16.2. The molecule has 5 heteroatoms. The van der Waals surface area contributed by atoms with Gasteiger partial charge in [0.2, 0.25) is 0 Å². The third-order valence-corrected chi connectivity index (χ3v) is 3.59. The number of nitrogens with zero attached hydrogens (tertiary/aromatic N) is 1. The number of hydrogen-bond donors (Lipinski definition) is 1. The molecule has 1 aromatic carbocycles. The molecule has 4 nitrogen and oxygen atoms in total. The van der Waals surface area contributed by atoms with Crippen molar-refractivity contribution in [1.82, 2.24) is 4.98 Å². The topological polar surface area (TPSA) is 51.2 Å². The number of aryl methyl sites for hydroxylation is 1. The van der Waals surface area contributed by atoms with E-state index in [4.69, 9.17) is 4.74 Å². The number of methoxy groups -OCH3 is 1. The Bertz CT molecular complexity index is 617. The molecule has 21 heavy (non-hydrogen) atoms. The zero-order chi connectivity index (χ0) is 15.1. The van der Waals surface area contributed by atoms with Crippen LogP contribution in [-0.4, -0.2) is 23.3 Å². The quantitative estimate of drug-likeness (QED) is 0.810. The molecule has 0 unspecified atom stereocenters. The number of ether oxygens (including phenoxy) is 1. The predicted molar refractivity (Wildman–Crippen MR) is 87.3 cm³/mol. The summed E-state index contributed by atoms with van der Waals surface area (Å²) < 4.78 is 5.15. The van der Waals surface area contributed by atoms with E-state index < -0.39 is 0 Å². The molecule has 0 bridgehead atoms. The third kappa shape index (κ3) is 4.29.